The van der Waals surface area contributed by atoms with Crippen LogP contribution in [0.3, 0.4) is 0 Å². The van der Waals surface area contributed by atoms with Gasteiger partial charge in [0.15, 0.2) is 0 Å². The van der Waals surface area contributed by atoms with Crippen LogP contribution in [0.1, 0.15) is 41.8 Å². The number of hydrogen-bond acceptors (Lipinski definition) is 1. The molecule has 17 heavy (non-hydrogen) atoms. The third kappa shape index (κ3) is 1.93. The summed E-state index contributed by atoms with van der Waals surface area (Å²) >= 11 is 3.47. The quantitative estimate of drug-likeness (QED) is 0.895. The second-order valence-electron chi connectivity index (χ2n) is 4.69. The van der Waals surface area contributed by atoms with E-state index in [1.54, 1.807) is 0 Å². The van der Waals surface area contributed by atoms with Crippen molar-refractivity contribution in [1.29, 1.82) is 0 Å². The van der Waals surface area contributed by atoms with Gasteiger partial charge in [0.1, 0.15) is 0 Å². The molecule has 0 fully saturated rings. The van der Waals surface area contributed by atoms with E-state index in [0.29, 0.717) is 5.92 Å². The lowest BCUT2D eigenvalue weighted by atomic mass is 9.95. The molecule has 0 saturated heterocycles. The zero-order chi connectivity index (χ0) is 11.8. The zero-order valence-electron chi connectivity index (χ0n) is 9.83. The molecule has 1 aromatic heterocycles. The monoisotopic (exact) mass is 290 g/mol. The topological polar surface area (TPSA) is 28.7 Å². The van der Waals surface area contributed by atoms with Gasteiger partial charge in [-0.3, -0.25) is 5.10 Å². The lowest BCUT2D eigenvalue weighted by Crippen LogP contribution is -1.99. The molecule has 1 aliphatic rings. The highest BCUT2D eigenvalue weighted by atomic mass is 79.9. The molecule has 1 aromatic carbocycles. The van der Waals surface area contributed by atoms with Crippen molar-refractivity contribution in [2.24, 2.45) is 0 Å². The average molecular weight is 291 g/mol. The number of nitrogens with zero attached hydrogens (tertiary/aromatic N) is 1. The fourth-order valence-corrected chi connectivity index (χ4v) is 2.88. The first-order chi connectivity index (χ1) is 8.25. The van der Waals surface area contributed by atoms with Crippen molar-refractivity contribution in [1.82, 2.24) is 10.2 Å². The maximum absolute atomic E-state index is 4.50. The molecular weight excluding hydrogens is 276 g/mol. The summed E-state index contributed by atoms with van der Waals surface area (Å²) in [5.74, 6) is 0.376. The maximum atomic E-state index is 4.50. The zero-order valence-corrected chi connectivity index (χ0v) is 11.4. The minimum Gasteiger partial charge on any atom is -0.282 e. The lowest BCUT2D eigenvalue weighted by molar-refractivity contribution is 0.798. The van der Waals surface area contributed by atoms with Crippen molar-refractivity contribution in [2.45, 2.75) is 32.1 Å². The second kappa shape index (κ2) is 4.30. The van der Waals surface area contributed by atoms with Crippen LogP contribution in [0.15, 0.2) is 28.7 Å². The number of hydrogen-bond donors (Lipinski definition) is 1. The fourth-order valence-electron chi connectivity index (χ4n) is 2.61. The smallest absolute Gasteiger partial charge is 0.0728 e. The summed E-state index contributed by atoms with van der Waals surface area (Å²) in [5.41, 5.74) is 5.37. The van der Waals surface area contributed by atoms with Gasteiger partial charge >= 0.3 is 0 Å². The van der Waals surface area contributed by atoms with Crippen LogP contribution in [-0.2, 0) is 12.8 Å². The Morgan fingerprint density at radius 1 is 1.24 bits per heavy atom. The van der Waals surface area contributed by atoms with Gasteiger partial charge in [-0.25, -0.2) is 0 Å². The van der Waals surface area contributed by atoms with E-state index in [1.165, 1.54) is 35.4 Å². The van der Waals surface area contributed by atoms with Crippen molar-refractivity contribution in [3.8, 4) is 0 Å². The molecule has 0 spiro atoms. The number of aromatic amines is 1. The van der Waals surface area contributed by atoms with Crippen molar-refractivity contribution in [3.05, 3.63) is 51.3 Å². The van der Waals surface area contributed by atoms with Gasteiger partial charge in [-0.1, -0.05) is 35.0 Å². The summed E-state index contributed by atoms with van der Waals surface area (Å²) in [6.07, 6.45) is 3.61. The molecule has 1 atom stereocenters. The SMILES string of the molecule is CC(c1ccc(Br)cc1)c1n[nH]c2c1CCC2. The van der Waals surface area contributed by atoms with E-state index in [1.807, 2.05) is 0 Å². The van der Waals surface area contributed by atoms with Gasteiger partial charge in [0, 0.05) is 16.1 Å². The summed E-state index contributed by atoms with van der Waals surface area (Å²) in [7, 11) is 0. The number of aromatic nitrogens is 2. The highest BCUT2D eigenvalue weighted by Gasteiger charge is 2.22. The average Bonchev–Trinajstić information content (AvgIpc) is 2.90. The number of fused-ring (bicyclic) bond motifs is 1. The molecule has 1 N–H and O–H groups in total. The highest BCUT2D eigenvalue weighted by Crippen LogP contribution is 2.31. The molecule has 88 valence electrons. The van der Waals surface area contributed by atoms with Crippen molar-refractivity contribution in [3.63, 3.8) is 0 Å². The predicted octanol–water partition coefficient (Wildman–Crippen LogP) is 3.81. The van der Waals surface area contributed by atoms with Gasteiger partial charge in [0.05, 0.1) is 5.69 Å². The molecule has 1 aliphatic carbocycles. The Kier molecular flexibility index (Phi) is 2.79. The second-order valence-corrected chi connectivity index (χ2v) is 5.61. The van der Waals surface area contributed by atoms with E-state index in [4.69, 9.17) is 0 Å². The minimum atomic E-state index is 0.376. The molecular formula is C14H15BrN2. The molecule has 0 bridgehead atoms. The van der Waals surface area contributed by atoms with Gasteiger partial charge in [-0.15, -0.1) is 0 Å². The highest BCUT2D eigenvalue weighted by molar-refractivity contribution is 9.10. The number of H-pyrrole nitrogens is 1. The molecule has 1 unspecified atom stereocenters. The first-order valence-electron chi connectivity index (χ1n) is 6.07. The van der Waals surface area contributed by atoms with Crippen LogP contribution in [0.2, 0.25) is 0 Å². The molecule has 1 heterocycles. The number of nitrogens with one attached hydrogen (secondary N) is 1. The van der Waals surface area contributed by atoms with Crippen LogP contribution in [0.25, 0.3) is 0 Å². The normalized spacial score (nSPS) is 15.9. The third-order valence-electron chi connectivity index (χ3n) is 3.62. The van der Waals surface area contributed by atoms with Gasteiger partial charge < -0.3 is 0 Å². The van der Waals surface area contributed by atoms with Gasteiger partial charge in [-0.05, 0) is 42.5 Å². The molecule has 0 aliphatic heterocycles. The lowest BCUT2D eigenvalue weighted by Gasteiger charge is -2.11. The van der Waals surface area contributed by atoms with E-state index in [0.717, 1.165) is 10.9 Å². The Balaban J connectivity index is 1.95. The molecule has 3 heteroatoms. The Bertz CT molecular complexity index is 528. The first kappa shape index (κ1) is 11.0. The molecule has 0 saturated carbocycles. The number of rotatable bonds is 2. The molecule has 0 radical (unpaired) electrons. The Morgan fingerprint density at radius 3 is 2.76 bits per heavy atom. The molecule has 0 amide bonds. The standard InChI is InChI=1S/C14H15BrN2/c1-9(10-5-7-11(15)8-6-10)14-12-3-2-4-13(12)16-17-14/h5-9H,2-4H2,1H3,(H,16,17). The van der Waals surface area contributed by atoms with Crippen LogP contribution in [0.5, 0.6) is 0 Å². The van der Waals surface area contributed by atoms with Crippen LogP contribution in [0.4, 0.5) is 0 Å². The van der Waals surface area contributed by atoms with Crippen molar-refractivity contribution < 1.29 is 0 Å². The number of benzene rings is 1. The summed E-state index contributed by atoms with van der Waals surface area (Å²) in [5, 5.41) is 7.69. The van der Waals surface area contributed by atoms with Gasteiger partial charge in [0.25, 0.3) is 0 Å². The van der Waals surface area contributed by atoms with Crippen molar-refractivity contribution in [2.75, 3.05) is 0 Å². The summed E-state index contributed by atoms with van der Waals surface area (Å²) < 4.78 is 1.13. The number of halogens is 1. The minimum absolute atomic E-state index is 0.376. The predicted molar refractivity (Wildman–Crippen MR) is 72.3 cm³/mol. The maximum Gasteiger partial charge on any atom is 0.0728 e. The van der Waals surface area contributed by atoms with E-state index >= 15 is 0 Å². The number of aryl methyl sites for hydroxylation is 1. The molecule has 2 nitrogen and oxygen atoms in total. The van der Waals surface area contributed by atoms with Crippen LogP contribution in [0, 0.1) is 0 Å². The first-order valence-corrected chi connectivity index (χ1v) is 6.86. The molecule has 2 aromatic rings. The van der Waals surface area contributed by atoms with Crippen LogP contribution in [-0.4, -0.2) is 10.2 Å². The Hall–Kier alpha value is -1.09. The van der Waals surface area contributed by atoms with Crippen molar-refractivity contribution >= 4 is 15.9 Å². The summed E-state index contributed by atoms with van der Waals surface area (Å²) in [6.45, 7) is 2.23. The van der Waals surface area contributed by atoms with Gasteiger partial charge in [-0.2, -0.15) is 5.10 Å². The fraction of sp³-hybridized carbons (Fsp3) is 0.357. The van der Waals surface area contributed by atoms with E-state index < -0.39 is 0 Å². The van der Waals surface area contributed by atoms with E-state index in [2.05, 4.69) is 57.3 Å². The summed E-state index contributed by atoms with van der Waals surface area (Å²) in [4.78, 5) is 0. The summed E-state index contributed by atoms with van der Waals surface area (Å²) in [6, 6.07) is 8.53. The van der Waals surface area contributed by atoms with E-state index in [9.17, 15) is 0 Å². The Morgan fingerprint density at radius 2 is 2.00 bits per heavy atom. The van der Waals surface area contributed by atoms with E-state index in [-0.39, 0.29) is 0 Å². The van der Waals surface area contributed by atoms with Gasteiger partial charge in [0.2, 0.25) is 0 Å². The third-order valence-corrected chi connectivity index (χ3v) is 4.15. The van der Waals surface area contributed by atoms with Crippen LogP contribution < -0.4 is 0 Å². The largest absolute Gasteiger partial charge is 0.282 e. The molecule has 3 rings (SSSR count). The van der Waals surface area contributed by atoms with Crippen LogP contribution >= 0.6 is 15.9 Å². The Labute approximate surface area is 110 Å².